The van der Waals surface area contributed by atoms with E-state index in [4.69, 9.17) is 20.1 Å². The lowest BCUT2D eigenvalue weighted by atomic mass is 10.1. The normalized spacial score (nSPS) is 11.8. The van der Waals surface area contributed by atoms with E-state index >= 15 is 0 Å². The van der Waals surface area contributed by atoms with Gasteiger partial charge in [-0.05, 0) is 18.8 Å². The summed E-state index contributed by atoms with van der Waals surface area (Å²) < 4.78 is 0. The van der Waals surface area contributed by atoms with Gasteiger partial charge in [-0.1, -0.05) is 13.8 Å². The molecular weight excluding hydrogens is 172 g/mol. The van der Waals surface area contributed by atoms with Gasteiger partial charge in [-0.25, -0.2) is 0 Å². The Balaban J connectivity index is 0. The van der Waals surface area contributed by atoms with Crippen LogP contribution in [0.3, 0.4) is 0 Å². The highest BCUT2D eigenvalue weighted by Gasteiger charge is 2.02. The maximum absolute atomic E-state index is 9.00. The van der Waals surface area contributed by atoms with Crippen LogP contribution in [0.2, 0.25) is 0 Å². The fourth-order valence-corrected chi connectivity index (χ4v) is 0.617. The van der Waals surface area contributed by atoms with Gasteiger partial charge in [0.2, 0.25) is 0 Å². The van der Waals surface area contributed by atoms with Crippen molar-refractivity contribution in [3.05, 3.63) is 0 Å². The molecule has 0 rings (SSSR count). The van der Waals surface area contributed by atoms with Crippen LogP contribution in [0.4, 0.5) is 0 Å². The van der Waals surface area contributed by atoms with Gasteiger partial charge < -0.3 is 15.3 Å². The zero-order valence-electron chi connectivity index (χ0n) is 8.53. The Morgan fingerprint density at radius 3 is 1.92 bits per heavy atom. The van der Waals surface area contributed by atoms with E-state index in [0.29, 0.717) is 12.3 Å². The summed E-state index contributed by atoms with van der Waals surface area (Å²) in [5.41, 5.74) is 0. The van der Waals surface area contributed by atoms with E-state index in [-0.39, 0.29) is 6.61 Å². The van der Waals surface area contributed by atoms with E-state index < -0.39 is 12.1 Å². The number of hydrogen-bond acceptors (Lipinski definition) is 3. The van der Waals surface area contributed by atoms with E-state index in [1.165, 1.54) is 0 Å². The Morgan fingerprint density at radius 1 is 1.31 bits per heavy atom. The van der Waals surface area contributed by atoms with E-state index in [1.807, 2.05) is 0 Å². The summed E-state index contributed by atoms with van der Waals surface area (Å²) in [5, 5.41) is 24.7. The zero-order valence-corrected chi connectivity index (χ0v) is 8.53. The Morgan fingerprint density at radius 2 is 1.69 bits per heavy atom. The molecule has 0 amide bonds. The van der Waals surface area contributed by atoms with E-state index in [1.54, 1.807) is 0 Å². The van der Waals surface area contributed by atoms with Crippen molar-refractivity contribution >= 4 is 5.97 Å². The molecule has 4 nitrogen and oxygen atoms in total. The van der Waals surface area contributed by atoms with Crippen molar-refractivity contribution in [2.24, 2.45) is 5.92 Å². The molecule has 0 radical (unpaired) electrons. The molecule has 0 spiro atoms. The monoisotopic (exact) mass is 192 g/mol. The third kappa shape index (κ3) is 24.6. The molecule has 0 bridgehead atoms. The van der Waals surface area contributed by atoms with Crippen molar-refractivity contribution in [2.45, 2.75) is 39.7 Å². The highest BCUT2D eigenvalue weighted by Crippen LogP contribution is 2.05. The van der Waals surface area contributed by atoms with Gasteiger partial charge in [-0.2, -0.15) is 0 Å². The van der Waals surface area contributed by atoms with Crippen molar-refractivity contribution in [1.29, 1.82) is 0 Å². The van der Waals surface area contributed by atoms with Crippen molar-refractivity contribution < 1.29 is 20.1 Å². The lowest BCUT2D eigenvalue weighted by Crippen LogP contribution is -2.12. The molecule has 13 heavy (non-hydrogen) atoms. The molecule has 0 aliphatic rings. The predicted octanol–water partition coefficient (Wildman–Crippen LogP) is 0.867. The Hall–Kier alpha value is -0.610. The van der Waals surface area contributed by atoms with Gasteiger partial charge in [0.25, 0.3) is 5.97 Å². The summed E-state index contributed by atoms with van der Waals surface area (Å²) in [7, 11) is 0. The number of aliphatic hydroxyl groups is 2. The van der Waals surface area contributed by atoms with Crippen molar-refractivity contribution in [3.8, 4) is 0 Å². The molecule has 1 unspecified atom stereocenters. The fourth-order valence-electron chi connectivity index (χ4n) is 0.617. The summed E-state index contributed by atoms with van der Waals surface area (Å²) >= 11 is 0. The highest BCUT2D eigenvalue weighted by atomic mass is 16.4. The minimum atomic E-state index is -0.833. The number of rotatable bonds is 4. The van der Waals surface area contributed by atoms with Gasteiger partial charge in [0.05, 0.1) is 12.7 Å². The van der Waals surface area contributed by atoms with Crippen LogP contribution in [0, 0.1) is 5.92 Å². The Labute approximate surface area is 79.2 Å². The van der Waals surface area contributed by atoms with Gasteiger partial charge in [-0.15, -0.1) is 0 Å². The first-order valence-corrected chi connectivity index (χ1v) is 4.38. The van der Waals surface area contributed by atoms with Crippen molar-refractivity contribution in [3.63, 3.8) is 0 Å². The molecule has 0 aromatic rings. The number of carbonyl (C=O) groups is 1. The zero-order chi connectivity index (χ0) is 10.9. The van der Waals surface area contributed by atoms with E-state index in [2.05, 4.69) is 13.8 Å². The summed E-state index contributed by atoms with van der Waals surface area (Å²) in [6.07, 6.45) is 1.20. The molecule has 0 saturated carbocycles. The topological polar surface area (TPSA) is 77.8 Å². The molecular formula is C9H20O4. The van der Waals surface area contributed by atoms with Crippen LogP contribution in [0.25, 0.3) is 0 Å². The number of aliphatic hydroxyl groups excluding tert-OH is 2. The second-order valence-electron chi connectivity index (χ2n) is 3.33. The highest BCUT2D eigenvalue weighted by molar-refractivity contribution is 5.62. The first-order chi connectivity index (χ1) is 5.90. The number of carboxylic acids is 1. The second-order valence-corrected chi connectivity index (χ2v) is 3.33. The van der Waals surface area contributed by atoms with Gasteiger partial charge >= 0.3 is 0 Å². The van der Waals surface area contributed by atoms with Crippen LogP contribution in [0.5, 0.6) is 0 Å². The minimum Gasteiger partial charge on any atom is -0.481 e. The quantitative estimate of drug-likeness (QED) is 0.617. The largest absolute Gasteiger partial charge is 0.481 e. The maximum atomic E-state index is 9.00. The smallest absolute Gasteiger partial charge is 0.300 e. The van der Waals surface area contributed by atoms with E-state index in [0.717, 1.165) is 13.3 Å². The summed E-state index contributed by atoms with van der Waals surface area (Å²) in [4.78, 5) is 9.00. The van der Waals surface area contributed by atoms with Crippen LogP contribution in [-0.4, -0.2) is 34.0 Å². The summed E-state index contributed by atoms with van der Waals surface area (Å²) in [6.45, 7) is 5.18. The molecule has 0 aromatic carbocycles. The molecule has 3 N–H and O–H groups in total. The molecule has 0 aliphatic carbocycles. The molecule has 0 aromatic heterocycles. The molecule has 0 heterocycles. The number of aliphatic carboxylic acids is 1. The molecule has 4 heteroatoms. The van der Waals surface area contributed by atoms with Crippen LogP contribution in [0.15, 0.2) is 0 Å². The molecule has 0 fully saturated rings. The van der Waals surface area contributed by atoms with Crippen molar-refractivity contribution in [1.82, 2.24) is 0 Å². The maximum Gasteiger partial charge on any atom is 0.300 e. The average Bonchev–Trinajstić information content (AvgIpc) is 1.99. The lowest BCUT2D eigenvalue weighted by molar-refractivity contribution is -0.134. The Bertz CT molecular complexity index is 119. The predicted molar refractivity (Wildman–Crippen MR) is 50.5 cm³/mol. The lowest BCUT2D eigenvalue weighted by Gasteiger charge is -2.07. The third-order valence-electron chi connectivity index (χ3n) is 1.29. The SMILES string of the molecule is CC(=O)O.CC(C)CCC(O)CO. The van der Waals surface area contributed by atoms with E-state index in [9.17, 15) is 0 Å². The second kappa shape index (κ2) is 9.48. The number of hydrogen-bond donors (Lipinski definition) is 3. The molecule has 0 aliphatic heterocycles. The van der Waals surface area contributed by atoms with Crippen LogP contribution in [0.1, 0.15) is 33.6 Å². The van der Waals surface area contributed by atoms with Gasteiger partial charge in [0, 0.05) is 6.92 Å². The Kier molecular flexibility index (Phi) is 10.9. The molecule has 1 atom stereocenters. The van der Waals surface area contributed by atoms with Crippen LogP contribution in [-0.2, 0) is 4.79 Å². The standard InChI is InChI=1S/C7H16O2.C2H4O2/c1-6(2)3-4-7(9)5-8;1-2(3)4/h6-9H,3-5H2,1-2H3;1H3,(H,3,4). The van der Waals surface area contributed by atoms with Gasteiger partial charge in [0.15, 0.2) is 0 Å². The van der Waals surface area contributed by atoms with Crippen LogP contribution < -0.4 is 0 Å². The van der Waals surface area contributed by atoms with Gasteiger partial charge in [0.1, 0.15) is 0 Å². The molecule has 0 saturated heterocycles. The van der Waals surface area contributed by atoms with Crippen molar-refractivity contribution in [2.75, 3.05) is 6.61 Å². The van der Waals surface area contributed by atoms with Crippen LogP contribution >= 0.6 is 0 Å². The van der Waals surface area contributed by atoms with Gasteiger partial charge in [-0.3, -0.25) is 4.79 Å². The summed E-state index contributed by atoms with van der Waals surface area (Å²) in [5.74, 6) is -0.216. The average molecular weight is 192 g/mol. The fraction of sp³-hybridized carbons (Fsp3) is 0.889. The number of carboxylic acid groups (broad SMARTS) is 1. The summed E-state index contributed by atoms with van der Waals surface area (Å²) in [6, 6.07) is 0. The minimum absolute atomic E-state index is 0.104. The first kappa shape index (κ1) is 14.9. The first-order valence-electron chi connectivity index (χ1n) is 4.38. The molecule has 80 valence electrons. The third-order valence-corrected chi connectivity index (χ3v) is 1.29.